The second kappa shape index (κ2) is 10.4. The van der Waals surface area contributed by atoms with Crippen LogP contribution in [-0.4, -0.2) is 37.2 Å². The predicted octanol–water partition coefficient (Wildman–Crippen LogP) is 4.65. The Balaban J connectivity index is 2.29. The molecule has 10 heteroatoms. The number of nitrogens with one attached hydrogen (secondary N) is 1. The van der Waals surface area contributed by atoms with Crippen LogP contribution in [0, 0.1) is 6.92 Å². The highest BCUT2D eigenvalue weighted by atomic mass is 35.5. The van der Waals surface area contributed by atoms with E-state index in [9.17, 15) is 14.4 Å². The van der Waals surface area contributed by atoms with Gasteiger partial charge >= 0.3 is 11.9 Å². The molecule has 0 saturated heterocycles. The molecule has 0 bridgehead atoms. The van der Waals surface area contributed by atoms with Crippen molar-refractivity contribution >= 4 is 46.9 Å². The fraction of sp³-hybridized carbons (Fsp3) is 0.350. The standard InChI is InChI=1S/C20H21Cl2NO7/c1-5-27-19(25)15-10(3)30-18(16(15)20(26)28-6-2)23-17(24)11(4)29-14-8-7-12(21)9-13(14)22/h7-9,11H,5-6H2,1-4H3,(H,23,24). The Morgan fingerprint density at radius 1 is 1.07 bits per heavy atom. The highest BCUT2D eigenvalue weighted by molar-refractivity contribution is 6.35. The summed E-state index contributed by atoms with van der Waals surface area (Å²) in [5, 5.41) is 3.10. The summed E-state index contributed by atoms with van der Waals surface area (Å²) in [4.78, 5) is 37.3. The summed E-state index contributed by atoms with van der Waals surface area (Å²) in [7, 11) is 0. The molecule has 1 amide bonds. The fourth-order valence-corrected chi connectivity index (χ4v) is 2.96. The zero-order valence-corrected chi connectivity index (χ0v) is 18.3. The Hall–Kier alpha value is -2.71. The summed E-state index contributed by atoms with van der Waals surface area (Å²) < 4.78 is 21.0. The smallest absolute Gasteiger partial charge is 0.344 e. The van der Waals surface area contributed by atoms with Crippen LogP contribution in [0.3, 0.4) is 0 Å². The summed E-state index contributed by atoms with van der Waals surface area (Å²) in [6.07, 6.45) is -1.02. The summed E-state index contributed by atoms with van der Waals surface area (Å²) in [5.41, 5.74) is -0.335. The third-order valence-corrected chi connectivity index (χ3v) is 4.38. The highest BCUT2D eigenvalue weighted by Crippen LogP contribution is 2.30. The van der Waals surface area contributed by atoms with E-state index in [4.69, 9.17) is 41.8 Å². The lowest BCUT2D eigenvalue weighted by atomic mass is 10.1. The molecule has 30 heavy (non-hydrogen) atoms. The molecule has 1 heterocycles. The van der Waals surface area contributed by atoms with Gasteiger partial charge in [-0.15, -0.1) is 0 Å². The molecule has 0 spiro atoms. The van der Waals surface area contributed by atoms with Crippen LogP contribution in [0.2, 0.25) is 10.0 Å². The average molecular weight is 458 g/mol. The van der Waals surface area contributed by atoms with E-state index >= 15 is 0 Å². The zero-order valence-electron chi connectivity index (χ0n) is 16.8. The van der Waals surface area contributed by atoms with Crippen LogP contribution in [0.1, 0.15) is 47.2 Å². The molecule has 2 aromatic rings. The van der Waals surface area contributed by atoms with Crippen LogP contribution in [-0.2, 0) is 14.3 Å². The molecule has 1 aromatic carbocycles. The van der Waals surface area contributed by atoms with Crippen molar-refractivity contribution < 1.29 is 33.0 Å². The lowest BCUT2D eigenvalue weighted by Gasteiger charge is -2.15. The molecule has 1 aromatic heterocycles. The first-order chi connectivity index (χ1) is 14.2. The molecular formula is C20H21Cl2NO7. The van der Waals surface area contributed by atoms with Gasteiger partial charge in [0.05, 0.1) is 18.2 Å². The molecule has 162 valence electrons. The number of esters is 2. The van der Waals surface area contributed by atoms with E-state index < -0.39 is 23.9 Å². The van der Waals surface area contributed by atoms with Crippen molar-refractivity contribution in [2.24, 2.45) is 0 Å². The third-order valence-electron chi connectivity index (χ3n) is 3.85. The molecule has 0 radical (unpaired) electrons. The average Bonchev–Trinajstić information content (AvgIpc) is 3.00. The summed E-state index contributed by atoms with van der Waals surface area (Å²) in [5.74, 6) is -2.13. The first-order valence-electron chi connectivity index (χ1n) is 9.09. The number of carbonyl (C=O) groups is 3. The SMILES string of the molecule is CCOC(=O)c1c(C)oc(NC(=O)C(C)Oc2ccc(Cl)cc2Cl)c1C(=O)OCC. The number of hydrogen-bond acceptors (Lipinski definition) is 7. The van der Waals surface area contributed by atoms with Gasteiger partial charge in [0.2, 0.25) is 5.88 Å². The van der Waals surface area contributed by atoms with E-state index in [1.165, 1.54) is 26.0 Å². The molecule has 0 aliphatic rings. The van der Waals surface area contributed by atoms with E-state index in [0.29, 0.717) is 5.02 Å². The molecule has 0 aliphatic carbocycles. The lowest BCUT2D eigenvalue weighted by molar-refractivity contribution is -0.122. The van der Waals surface area contributed by atoms with Gasteiger partial charge in [-0.05, 0) is 45.9 Å². The Kier molecular flexibility index (Phi) is 8.14. The number of ether oxygens (including phenoxy) is 3. The van der Waals surface area contributed by atoms with Crippen molar-refractivity contribution in [3.05, 3.63) is 45.1 Å². The van der Waals surface area contributed by atoms with E-state index in [-0.39, 0.29) is 46.8 Å². The number of rotatable bonds is 8. The molecular weight excluding hydrogens is 437 g/mol. The van der Waals surface area contributed by atoms with E-state index in [0.717, 1.165) is 0 Å². The van der Waals surface area contributed by atoms with Crippen LogP contribution in [0.15, 0.2) is 22.6 Å². The molecule has 0 aliphatic heterocycles. The number of anilines is 1. The third kappa shape index (κ3) is 5.46. The predicted molar refractivity (Wildman–Crippen MR) is 111 cm³/mol. The molecule has 1 unspecified atom stereocenters. The molecule has 1 atom stereocenters. The van der Waals surface area contributed by atoms with Crippen molar-refractivity contribution in [3.63, 3.8) is 0 Å². The Bertz CT molecular complexity index is 955. The van der Waals surface area contributed by atoms with Crippen LogP contribution < -0.4 is 10.1 Å². The normalized spacial score (nSPS) is 11.5. The number of benzene rings is 1. The van der Waals surface area contributed by atoms with Crippen LogP contribution >= 0.6 is 23.2 Å². The van der Waals surface area contributed by atoms with Crippen molar-refractivity contribution in [2.75, 3.05) is 18.5 Å². The van der Waals surface area contributed by atoms with Gasteiger partial charge in [0.25, 0.3) is 5.91 Å². The van der Waals surface area contributed by atoms with Gasteiger partial charge in [-0.25, -0.2) is 9.59 Å². The first-order valence-corrected chi connectivity index (χ1v) is 9.85. The largest absolute Gasteiger partial charge is 0.479 e. The van der Waals surface area contributed by atoms with Crippen LogP contribution in [0.25, 0.3) is 0 Å². The van der Waals surface area contributed by atoms with Crippen LogP contribution in [0.4, 0.5) is 5.88 Å². The van der Waals surface area contributed by atoms with Gasteiger partial charge in [0, 0.05) is 5.02 Å². The number of furan rings is 1. The molecule has 0 saturated carbocycles. The van der Waals surface area contributed by atoms with Crippen LogP contribution in [0.5, 0.6) is 5.75 Å². The van der Waals surface area contributed by atoms with Gasteiger partial charge in [-0.2, -0.15) is 0 Å². The fourth-order valence-electron chi connectivity index (χ4n) is 2.51. The van der Waals surface area contributed by atoms with E-state index in [1.807, 2.05) is 0 Å². The topological polar surface area (TPSA) is 104 Å². The van der Waals surface area contributed by atoms with E-state index in [1.54, 1.807) is 19.9 Å². The summed E-state index contributed by atoms with van der Waals surface area (Å²) in [6, 6.07) is 4.56. The number of amides is 1. The lowest BCUT2D eigenvalue weighted by Crippen LogP contribution is -2.30. The molecule has 2 rings (SSSR count). The maximum absolute atomic E-state index is 12.6. The number of carbonyl (C=O) groups excluding carboxylic acids is 3. The number of aryl methyl sites for hydroxylation is 1. The van der Waals surface area contributed by atoms with E-state index in [2.05, 4.69) is 5.32 Å². The second-order valence-electron chi connectivity index (χ2n) is 6.00. The highest BCUT2D eigenvalue weighted by Gasteiger charge is 2.32. The number of hydrogen-bond donors (Lipinski definition) is 1. The van der Waals surface area contributed by atoms with Gasteiger partial charge in [0.1, 0.15) is 22.6 Å². The minimum absolute atomic E-state index is 0.0628. The quantitative estimate of drug-likeness (QED) is 0.574. The van der Waals surface area contributed by atoms with Gasteiger partial charge < -0.3 is 18.6 Å². The second-order valence-corrected chi connectivity index (χ2v) is 6.85. The molecule has 0 fully saturated rings. The van der Waals surface area contributed by atoms with Gasteiger partial charge in [0.15, 0.2) is 6.10 Å². The number of halogens is 2. The molecule has 1 N–H and O–H groups in total. The maximum Gasteiger partial charge on any atom is 0.344 e. The van der Waals surface area contributed by atoms with Crippen molar-refractivity contribution in [1.29, 1.82) is 0 Å². The Morgan fingerprint density at radius 3 is 2.23 bits per heavy atom. The first kappa shape index (κ1) is 23.6. The summed E-state index contributed by atoms with van der Waals surface area (Å²) in [6.45, 7) is 6.34. The maximum atomic E-state index is 12.6. The van der Waals surface area contributed by atoms with Crippen molar-refractivity contribution in [3.8, 4) is 5.75 Å². The van der Waals surface area contributed by atoms with Gasteiger partial charge in [-0.3, -0.25) is 10.1 Å². The Morgan fingerprint density at radius 2 is 1.67 bits per heavy atom. The van der Waals surface area contributed by atoms with Crippen molar-refractivity contribution in [1.82, 2.24) is 0 Å². The zero-order chi connectivity index (χ0) is 22.4. The Labute approximate surface area is 183 Å². The minimum atomic E-state index is -1.02. The summed E-state index contributed by atoms with van der Waals surface area (Å²) >= 11 is 11.9. The minimum Gasteiger partial charge on any atom is -0.479 e. The van der Waals surface area contributed by atoms with Gasteiger partial charge in [-0.1, -0.05) is 23.2 Å². The van der Waals surface area contributed by atoms with Crippen molar-refractivity contribution in [2.45, 2.75) is 33.8 Å². The molecule has 8 nitrogen and oxygen atoms in total. The monoisotopic (exact) mass is 457 g/mol.